The van der Waals surface area contributed by atoms with Crippen molar-refractivity contribution >= 4 is 15.7 Å². The van der Waals surface area contributed by atoms with Gasteiger partial charge in [0.2, 0.25) is 10.0 Å². The maximum absolute atomic E-state index is 11.8. The largest absolute Gasteiger partial charge is 0.495 e. The van der Waals surface area contributed by atoms with Gasteiger partial charge in [0.25, 0.3) is 0 Å². The molecule has 0 amide bonds. The fraction of sp³-hybridized carbons (Fsp3) is 0.333. The van der Waals surface area contributed by atoms with Crippen LogP contribution >= 0.6 is 0 Å². The van der Waals surface area contributed by atoms with Crippen LogP contribution in [0, 0.1) is 0 Å². The summed E-state index contributed by atoms with van der Waals surface area (Å²) < 4.78 is 29.9. The Hall–Kier alpha value is -1.27. The first-order valence-electron chi connectivity index (χ1n) is 4.39. The Balaban J connectivity index is 2.68. The van der Waals surface area contributed by atoms with Crippen molar-refractivity contribution < 1.29 is 13.2 Å². The summed E-state index contributed by atoms with van der Waals surface area (Å²) >= 11 is 0. The molecule has 0 aliphatic carbocycles. The summed E-state index contributed by atoms with van der Waals surface area (Å²) in [7, 11) is -0.335. The molecule has 0 unspecified atom stereocenters. The van der Waals surface area contributed by atoms with Gasteiger partial charge in [-0.05, 0) is 11.6 Å². The maximum atomic E-state index is 11.8. The van der Waals surface area contributed by atoms with Gasteiger partial charge in [-0.3, -0.25) is 0 Å². The van der Waals surface area contributed by atoms with Crippen molar-refractivity contribution in [2.45, 2.75) is 11.4 Å². The highest BCUT2D eigenvalue weighted by Crippen LogP contribution is 2.35. The maximum Gasteiger partial charge on any atom is 0.243 e. The Morgan fingerprint density at radius 1 is 1.47 bits per heavy atom. The first-order valence-corrected chi connectivity index (χ1v) is 5.83. The number of anilines is 1. The zero-order valence-corrected chi connectivity index (χ0v) is 9.34. The van der Waals surface area contributed by atoms with Crippen LogP contribution in [-0.4, -0.2) is 26.9 Å². The van der Waals surface area contributed by atoms with Gasteiger partial charge >= 0.3 is 0 Å². The number of nitrogen functional groups attached to an aromatic ring is 1. The molecule has 0 spiro atoms. The zero-order chi connectivity index (χ0) is 11.2. The molecular weight excluding hydrogens is 216 g/mol. The number of hydrogen-bond donors (Lipinski definition) is 1. The van der Waals surface area contributed by atoms with E-state index in [0.717, 1.165) is 5.56 Å². The highest BCUT2D eigenvalue weighted by Gasteiger charge is 2.32. The van der Waals surface area contributed by atoms with Gasteiger partial charge < -0.3 is 10.5 Å². The molecule has 1 aromatic carbocycles. The molecule has 0 atom stereocenters. The van der Waals surface area contributed by atoms with Crippen LogP contribution < -0.4 is 10.5 Å². The molecule has 1 aliphatic rings. The lowest BCUT2D eigenvalue weighted by Gasteiger charge is -2.06. The summed E-state index contributed by atoms with van der Waals surface area (Å²) in [6, 6.07) is 3.12. The van der Waals surface area contributed by atoms with Gasteiger partial charge in [-0.15, -0.1) is 0 Å². The fourth-order valence-corrected chi connectivity index (χ4v) is 3.01. The molecule has 6 heteroatoms. The molecule has 0 saturated heterocycles. The Morgan fingerprint density at radius 3 is 2.73 bits per heavy atom. The van der Waals surface area contributed by atoms with Gasteiger partial charge in [-0.25, -0.2) is 8.42 Å². The molecule has 0 radical (unpaired) electrons. The number of nitrogens with zero attached hydrogens (tertiary/aromatic N) is 1. The minimum atomic E-state index is -3.34. The SMILES string of the molecule is COc1cc2c(cc1N)CN(C)S2(=O)=O. The summed E-state index contributed by atoms with van der Waals surface area (Å²) in [5.41, 5.74) is 6.88. The Labute approximate surface area is 88.5 Å². The highest BCUT2D eigenvalue weighted by atomic mass is 32.2. The number of rotatable bonds is 1. The minimum absolute atomic E-state index is 0.288. The van der Waals surface area contributed by atoms with Gasteiger partial charge in [-0.1, -0.05) is 0 Å². The van der Waals surface area contributed by atoms with Crippen LogP contribution in [0.4, 0.5) is 5.69 Å². The second kappa shape index (κ2) is 3.11. The molecule has 2 N–H and O–H groups in total. The quantitative estimate of drug-likeness (QED) is 0.707. The van der Waals surface area contributed by atoms with Gasteiger partial charge in [0, 0.05) is 19.7 Å². The fourth-order valence-electron chi connectivity index (χ4n) is 1.66. The lowest BCUT2D eigenvalue weighted by Crippen LogP contribution is -2.18. The second-order valence-corrected chi connectivity index (χ2v) is 5.48. The van der Waals surface area contributed by atoms with Crippen molar-refractivity contribution in [1.29, 1.82) is 0 Å². The molecule has 0 bridgehead atoms. The van der Waals surface area contributed by atoms with Crippen molar-refractivity contribution in [3.05, 3.63) is 17.7 Å². The Morgan fingerprint density at radius 2 is 2.13 bits per heavy atom. The molecule has 5 nitrogen and oxygen atoms in total. The molecule has 1 aromatic rings. The number of benzene rings is 1. The third-order valence-corrected chi connectivity index (χ3v) is 4.38. The van der Waals surface area contributed by atoms with E-state index in [9.17, 15) is 8.42 Å². The van der Waals surface area contributed by atoms with E-state index < -0.39 is 10.0 Å². The van der Waals surface area contributed by atoms with Crippen molar-refractivity contribution in [1.82, 2.24) is 4.31 Å². The van der Waals surface area contributed by atoms with Gasteiger partial charge in [0.15, 0.2) is 0 Å². The first-order chi connectivity index (χ1) is 6.96. The number of ether oxygens (including phenoxy) is 1. The number of methoxy groups -OCH3 is 1. The van der Waals surface area contributed by atoms with Crippen LogP contribution in [0.25, 0.3) is 0 Å². The highest BCUT2D eigenvalue weighted by molar-refractivity contribution is 7.89. The van der Waals surface area contributed by atoms with Gasteiger partial charge in [-0.2, -0.15) is 4.31 Å². The standard InChI is InChI=1S/C9H12N2O3S/c1-11-5-6-3-7(10)8(14-2)4-9(6)15(11,12)13/h3-4H,5,10H2,1-2H3. The third-order valence-electron chi connectivity index (χ3n) is 2.49. The van der Waals surface area contributed by atoms with E-state index in [4.69, 9.17) is 10.5 Å². The summed E-state index contributed by atoms with van der Waals surface area (Å²) in [6.07, 6.45) is 0. The molecule has 82 valence electrons. The number of hydrogen-bond acceptors (Lipinski definition) is 4. The third kappa shape index (κ3) is 1.37. The van der Waals surface area contributed by atoms with E-state index in [2.05, 4.69) is 0 Å². The summed E-state index contributed by atoms with van der Waals surface area (Å²) in [4.78, 5) is 0.288. The van der Waals surface area contributed by atoms with Gasteiger partial charge in [0.05, 0.1) is 17.7 Å². The van der Waals surface area contributed by atoms with E-state index in [1.165, 1.54) is 24.5 Å². The number of sulfonamides is 1. The molecule has 0 fully saturated rings. The molecule has 0 saturated carbocycles. The zero-order valence-electron chi connectivity index (χ0n) is 8.52. The smallest absolute Gasteiger partial charge is 0.243 e. The van der Waals surface area contributed by atoms with E-state index in [-0.39, 0.29) is 4.90 Å². The van der Waals surface area contributed by atoms with Crippen molar-refractivity contribution in [2.24, 2.45) is 0 Å². The molecule has 0 aromatic heterocycles. The molecule has 2 rings (SSSR count). The number of fused-ring (bicyclic) bond motifs is 1. The van der Waals surface area contributed by atoms with E-state index in [1.807, 2.05) is 0 Å². The Bertz CT molecular complexity index is 510. The second-order valence-electron chi connectivity index (χ2n) is 3.46. The normalized spacial score (nSPS) is 18.8. The lowest BCUT2D eigenvalue weighted by atomic mass is 10.2. The average Bonchev–Trinajstić information content (AvgIpc) is 2.37. The Kier molecular flexibility index (Phi) is 2.13. The predicted molar refractivity (Wildman–Crippen MR) is 56.1 cm³/mol. The van der Waals surface area contributed by atoms with Crippen LogP contribution in [0.1, 0.15) is 5.56 Å². The molecule has 1 aliphatic heterocycles. The van der Waals surface area contributed by atoms with Crippen LogP contribution in [0.2, 0.25) is 0 Å². The number of nitrogens with two attached hydrogens (primary N) is 1. The monoisotopic (exact) mass is 228 g/mol. The molecule has 15 heavy (non-hydrogen) atoms. The van der Waals surface area contributed by atoms with Crippen molar-refractivity contribution in [3.63, 3.8) is 0 Å². The van der Waals surface area contributed by atoms with E-state index in [0.29, 0.717) is 18.0 Å². The summed E-state index contributed by atoms with van der Waals surface area (Å²) in [6.45, 7) is 0.367. The topological polar surface area (TPSA) is 72.6 Å². The lowest BCUT2D eigenvalue weighted by molar-refractivity contribution is 0.415. The van der Waals surface area contributed by atoms with Crippen LogP contribution in [0.5, 0.6) is 5.75 Å². The van der Waals surface area contributed by atoms with Crippen LogP contribution in [0.3, 0.4) is 0 Å². The van der Waals surface area contributed by atoms with E-state index in [1.54, 1.807) is 6.07 Å². The van der Waals surface area contributed by atoms with Crippen molar-refractivity contribution in [2.75, 3.05) is 19.9 Å². The minimum Gasteiger partial charge on any atom is -0.495 e. The first kappa shape index (κ1) is 10.3. The van der Waals surface area contributed by atoms with Crippen LogP contribution in [0.15, 0.2) is 17.0 Å². The van der Waals surface area contributed by atoms with Crippen LogP contribution in [-0.2, 0) is 16.6 Å². The van der Waals surface area contributed by atoms with Gasteiger partial charge in [0.1, 0.15) is 5.75 Å². The summed E-state index contributed by atoms with van der Waals surface area (Å²) in [5, 5.41) is 0. The average molecular weight is 228 g/mol. The molecule has 1 heterocycles. The van der Waals surface area contributed by atoms with E-state index >= 15 is 0 Å². The molecular formula is C9H12N2O3S. The summed E-state index contributed by atoms with van der Waals surface area (Å²) in [5.74, 6) is 0.396. The predicted octanol–water partition coefficient (Wildman–Crippen LogP) is 0.411. The van der Waals surface area contributed by atoms with Crippen molar-refractivity contribution in [3.8, 4) is 5.75 Å².